The number of hydrogen-bond donors (Lipinski definition) is 0. The third kappa shape index (κ3) is 12.4. The second kappa shape index (κ2) is 16.3. The zero-order valence-electron chi connectivity index (χ0n) is 16.9. The second-order valence-corrected chi connectivity index (χ2v) is 8.17. The molecule has 0 radical (unpaired) electrons. The summed E-state index contributed by atoms with van der Waals surface area (Å²) < 4.78 is 0. The van der Waals surface area contributed by atoms with Crippen LogP contribution in [-0.4, -0.2) is 16.7 Å². The van der Waals surface area contributed by atoms with Crippen LogP contribution in [0.3, 0.4) is 0 Å². The number of carbonyl (C=O) groups excluding carboxylic acids is 1. The smallest absolute Gasteiger partial charge is 0.270 e. The van der Waals surface area contributed by atoms with Gasteiger partial charge >= 0.3 is 0 Å². The lowest BCUT2D eigenvalue weighted by molar-refractivity contribution is -0.508. The Bertz CT molecular complexity index is 370. The van der Waals surface area contributed by atoms with Gasteiger partial charge in [0, 0.05) is 17.8 Å². The molecule has 0 heterocycles. The molecule has 0 spiro atoms. The quantitative estimate of drug-likeness (QED) is 0.369. The highest BCUT2D eigenvalue weighted by Gasteiger charge is 2.27. The van der Waals surface area contributed by atoms with Crippen LogP contribution in [0.25, 0.3) is 0 Å². The van der Waals surface area contributed by atoms with E-state index in [-0.39, 0.29) is 10.7 Å². The van der Waals surface area contributed by atoms with E-state index >= 15 is 0 Å². The van der Waals surface area contributed by atoms with Crippen LogP contribution in [0.4, 0.5) is 0 Å². The fraction of sp³-hybridized carbons (Fsp3) is 0.955. The highest BCUT2D eigenvalue weighted by Crippen LogP contribution is 2.17. The van der Waals surface area contributed by atoms with E-state index in [1.807, 2.05) is 0 Å². The van der Waals surface area contributed by atoms with Crippen molar-refractivity contribution >= 4 is 5.78 Å². The summed E-state index contributed by atoms with van der Waals surface area (Å²) in [5, 5.41) is 11.2. The summed E-state index contributed by atoms with van der Waals surface area (Å²) in [6, 6.07) is -0.951. The molecule has 0 N–H and O–H groups in total. The average molecular weight is 368 g/mol. The summed E-state index contributed by atoms with van der Waals surface area (Å²) in [6.07, 6.45) is 22.9. The molecule has 1 rings (SSSR count). The second-order valence-electron chi connectivity index (χ2n) is 8.17. The molecule has 0 amide bonds. The number of hydrogen-bond acceptors (Lipinski definition) is 3. The Kier molecular flexibility index (Phi) is 14.5. The van der Waals surface area contributed by atoms with Crippen LogP contribution in [0.15, 0.2) is 0 Å². The summed E-state index contributed by atoms with van der Waals surface area (Å²) in [6.45, 7) is 0. The highest BCUT2D eigenvalue weighted by molar-refractivity contribution is 5.82. The first-order valence-electron chi connectivity index (χ1n) is 11.4. The first-order chi connectivity index (χ1) is 12.7. The van der Waals surface area contributed by atoms with E-state index in [0.717, 1.165) is 38.5 Å². The molecule has 1 fully saturated rings. The van der Waals surface area contributed by atoms with E-state index in [1.54, 1.807) is 0 Å². The molecule has 1 unspecified atom stereocenters. The maximum atomic E-state index is 12.2. The number of Topliss-reactive ketones (excluding diaryl/α,β-unsaturated/α-hetero) is 1. The standard InChI is InChI=1S/C22H41NO3/c24-22-20-18-16-14-12-10-8-6-4-2-1-3-5-7-9-11-13-15-17-19-21(22)23(25)26/h21H,1-20H2. The topological polar surface area (TPSA) is 60.2 Å². The van der Waals surface area contributed by atoms with Gasteiger partial charge in [0.1, 0.15) is 0 Å². The molecule has 0 aromatic heterocycles. The van der Waals surface area contributed by atoms with Crippen molar-refractivity contribution in [1.82, 2.24) is 0 Å². The van der Waals surface area contributed by atoms with E-state index in [4.69, 9.17) is 0 Å². The van der Waals surface area contributed by atoms with Crippen molar-refractivity contribution < 1.29 is 9.72 Å². The average Bonchev–Trinajstić information content (AvgIpc) is 2.61. The molecule has 1 saturated carbocycles. The maximum absolute atomic E-state index is 12.2. The van der Waals surface area contributed by atoms with Crippen LogP contribution in [0.5, 0.6) is 0 Å². The van der Waals surface area contributed by atoms with E-state index in [9.17, 15) is 14.9 Å². The zero-order valence-corrected chi connectivity index (χ0v) is 16.9. The van der Waals surface area contributed by atoms with Crippen molar-refractivity contribution in [2.24, 2.45) is 0 Å². The molecule has 0 aromatic rings. The molecule has 4 nitrogen and oxygen atoms in total. The Morgan fingerprint density at radius 2 is 0.885 bits per heavy atom. The monoisotopic (exact) mass is 367 g/mol. The van der Waals surface area contributed by atoms with Gasteiger partial charge < -0.3 is 0 Å². The van der Waals surface area contributed by atoms with E-state index in [1.165, 1.54) is 77.0 Å². The van der Waals surface area contributed by atoms with Crippen LogP contribution in [0.2, 0.25) is 0 Å². The zero-order chi connectivity index (χ0) is 18.9. The van der Waals surface area contributed by atoms with Crippen LogP contribution >= 0.6 is 0 Å². The SMILES string of the molecule is O=C1CCCCCCCCCCCCCCCCCCCCC1[N+](=O)[O-]. The van der Waals surface area contributed by atoms with Crippen molar-refractivity contribution in [3.63, 3.8) is 0 Å². The van der Waals surface area contributed by atoms with Gasteiger partial charge in [-0.25, -0.2) is 0 Å². The molecule has 1 aliphatic carbocycles. The van der Waals surface area contributed by atoms with Crippen molar-refractivity contribution in [3.05, 3.63) is 10.1 Å². The first-order valence-corrected chi connectivity index (χ1v) is 11.4. The van der Waals surface area contributed by atoms with Gasteiger partial charge in [-0.3, -0.25) is 14.9 Å². The first kappa shape index (κ1) is 23.1. The molecule has 0 aliphatic heterocycles. The Morgan fingerprint density at radius 1 is 0.577 bits per heavy atom. The predicted molar refractivity (Wildman–Crippen MR) is 108 cm³/mol. The molecular formula is C22H41NO3. The molecule has 1 aliphatic rings. The van der Waals surface area contributed by atoms with Crippen molar-refractivity contribution in [2.45, 2.75) is 134 Å². The summed E-state index contributed by atoms with van der Waals surface area (Å²) in [7, 11) is 0. The van der Waals surface area contributed by atoms with Gasteiger partial charge in [-0.15, -0.1) is 0 Å². The Morgan fingerprint density at radius 3 is 1.23 bits per heavy atom. The number of ketones is 1. The molecule has 152 valence electrons. The van der Waals surface area contributed by atoms with Gasteiger partial charge in [0.25, 0.3) is 6.04 Å². The molecule has 0 aromatic carbocycles. The number of carbonyl (C=O) groups is 1. The third-order valence-corrected chi connectivity index (χ3v) is 5.78. The number of rotatable bonds is 1. The Labute approximate surface area is 160 Å². The minimum atomic E-state index is -0.951. The molecular weight excluding hydrogens is 326 g/mol. The molecule has 0 saturated heterocycles. The minimum Gasteiger partial charge on any atom is -0.292 e. The lowest BCUT2D eigenvalue weighted by atomic mass is 9.98. The summed E-state index contributed by atoms with van der Waals surface area (Å²) >= 11 is 0. The fourth-order valence-electron chi connectivity index (χ4n) is 4.02. The Hall–Kier alpha value is -0.930. The lowest BCUT2D eigenvalue weighted by Gasteiger charge is -2.09. The third-order valence-electron chi connectivity index (χ3n) is 5.78. The van der Waals surface area contributed by atoms with Crippen molar-refractivity contribution in [3.8, 4) is 0 Å². The molecule has 1 atom stereocenters. The highest BCUT2D eigenvalue weighted by atomic mass is 16.6. The molecule has 4 heteroatoms. The largest absolute Gasteiger partial charge is 0.292 e. The van der Waals surface area contributed by atoms with E-state index < -0.39 is 6.04 Å². The van der Waals surface area contributed by atoms with Gasteiger partial charge in [0.05, 0.1) is 0 Å². The molecule has 26 heavy (non-hydrogen) atoms. The predicted octanol–water partition coefficient (Wildman–Crippen LogP) is 7.02. The van der Waals surface area contributed by atoms with Gasteiger partial charge in [-0.2, -0.15) is 0 Å². The van der Waals surface area contributed by atoms with Crippen LogP contribution in [-0.2, 0) is 4.79 Å². The van der Waals surface area contributed by atoms with Gasteiger partial charge in [0.15, 0.2) is 0 Å². The minimum absolute atomic E-state index is 0.142. The van der Waals surface area contributed by atoms with E-state index in [0.29, 0.717) is 12.8 Å². The van der Waals surface area contributed by atoms with Gasteiger partial charge in [-0.1, -0.05) is 103 Å². The Balaban J connectivity index is 2.31. The van der Waals surface area contributed by atoms with Crippen molar-refractivity contribution in [2.75, 3.05) is 0 Å². The van der Waals surface area contributed by atoms with E-state index in [2.05, 4.69) is 0 Å². The van der Waals surface area contributed by atoms with Gasteiger partial charge in [-0.05, 0) is 12.8 Å². The number of nitrogens with zero attached hydrogens (tertiary/aromatic N) is 1. The van der Waals surface area contributed by atoms with Gasteiger partial charge in [0.2, 0.25) is 5.78 Å². The van der Waals surface area contributed by atoms with Crippen LogP contribution in [0, 0.1) is 10.1 Å². The normalized spacial score (nSPS) is 24.9. The number of nitro groups is 1. The molecule has 0 bridgehead atoms. The summed E-state index contributed by atoms with van der Waals surface area (Å²) in [5.74, 6) is -0.142. The summed E-state index contributed by atoms with van der Waals surface area (Å²) in [4.78, 5) is 23.0. The fourth-order valence-corrected chi connectivity index (χ4v) is 4.02. The van der Waals surface area contributed by atoms with Crippen LogP contribution < -0.4 is 0 Å². The maximum Gasteiger partial charge on any atom is 0.270 e. The van der Waals surface area contributed by atoms with Crippen LogP contribution in [0.1, 0.15) is 128 Å². The summed E-state index contributed by atoms with van der Waals surface area (Å²) in [5.41, 5.74) is 0. The lowest BCUT2D eigenvalue weighted by Crippen LogP contribution is -2.29. The van der Waals surface area contributed by atoms with Crippen molar-refractivity contribution in [1.29, 1.82) is 0 Å².